The molecule has 0 nitrogen and oxygen atoms in total. The van der Waals surface area contributed by atoms with Crippen molar-refractivity contribution in [2.24, 2.45) is 0 Å². The monoisotopic (exact) mass is 193 g/mol. The Balaban J connectivity index is 0. The Bertz CT molecular complexity index is 81.6. The van der Waals surface area contributed by atoms with Gasteiger partial charge in [-0.3, -0.25) is 0 Å². The van der Waals surface area contributed by atoms with Crippen molar-refractivity contribution in [2.75, 3.05) is 12.8 Å². The SMILES string of the molecule is CC.CCCCCC[P+](C)=S. The topological polar surface area (TPSA) is 0 Å². The van der Waals surface area contributed by atoms with Crippen molar-refractivity contribution in [2.45, 2.75) is 46.5 Å². The Morgan fingerprint density at radius 3 is 2.00 bits per heavy atom. The summed E-state index contributed by atoms with van der Waals surface area (Å²) in [6.07, 6.45) is 6.77. The highest BCUT2D eigenvalue weighted by atomic mass is 32.4. The van der Waals surface area contributed by atoms with E-state index in [1.807, 2.05) is 13.8 Å². The van der Waals surface area contributed by atoms with Crippen LogP contribution in [0.1, 0.15) is 46.5 Å². The van der Waals surface area contributed by atoms with Gasteiger partial charge < -0.3 is 0 Å². The summed E-state index contributed by atoms with van der Waals surface area (Å²) in [6.45, 7) is 8.38. The van der Waals surface area contributed by atoms with Gasteiger partial charge in [0.1, 0.15) is 12.8 Å². The van der Waals surface area contributed by atoms with Crippen molar-refractivity contribution in [3.63, 3.8) is 0 Å². The van der Waals surface area contributed by atoms with Crippen LogP contribution in [-0.4, -0.2) is 12.8 Å². The van der Waals surface area contributed by atoms with Gasteiger partial charge in [0.2, 0.25) is 0 Å². The van der Waals surface area contributed by atoms with Gasteiger partial charge in [-0.1, -0.05) is 33.6 Å². The zero-order valence-corrected chi connectivity index (χ0v) is 10.1. The van der Waals surface area contributed by atoms with Crippen LogP contribution in [0.15, 0.2) is 0 Å². The Kier molecular flexibility index (Phi) is 16.8. The Morgan fingerprint density at radius 2 is 1.64 bits per heavy atom. The van der Waals surface area contributed by atoms with Gasteiger partial charge in [-0.05, 0) is 12.8 Å². The van der Waals surface area contributed by atoms with Crippen LogP contribution in [0.5, 0.6) is 0 Å². The summed E-state index contributed by atoms with van der Waals surface area (Å²) in [5.41, 5.74) is 0. The number of hydrogen-bond acceptors (Lipinski definition) is 1. The second kappa shape index (κ2) is 13.1. The Morgan fingerprint density at radius 1 is 1.09 bits per heavy atom. The van der Waals surface area contributed by atoms with Gasteiger partial charge in [-0.2, -0.15) is 0 Å². The third-order valence-electron chi connectivity index (χ3n) is 1.33. The van der Waals surface area contributed by atoms with Crippen LogP contribution in [0.3, 0.4) is 0 Å². The molecule has 1 unspecified atom stereocenters. The fourth-order valence-electron chi connectivity index (χ4n) is 0.761. The lowest BCUT2D eigenvalue weighted by Gasteiger charge is -1.90. The van der Waals surface area contributed by atoms with Crippen molar-refractivity contribution >= 4 is 18.5 Å². The highest BCUT2D eigenvalue weighted by Crippen LogP contribution is 2.16. The first-order valence-corrected chi connectivity index (χ1v) is 7.64. The summed E-state index contributed by atoms with van der Waals surface area (Å²) in [6, 6.07) is 0. The lowest BCUT2D eigenvalue weighted by atomic mass is 10.2. The van der Waals surface area contributed by atoms with Gasteiger partial charge in [-0.15, -0.1) is 0 Å². The van der Waals surface area contributed by atoms with Crippen LogP contribution in [0.2, 0.25) is 0 Å². The Hall–Kier alpha value is 0.520. The molecule has 0 fully saturated rings. The minimum Gasteiger partial charge on any atom is -0.0683 e. The maximum Gasteiger partial charge on any atom is 0.171 e. The maximum atomic E-state index is 5.09. The molecule has 0 bridgehead atoms. The molecule has 0 aromatic carbocycles. The number of hydrogen-bond donors (Lipinski definition) is 0. The molecule has 11 heavy (non-hydrogen) atoms. The van der Waals surface area contributed by atoms with E-state index in [4.69, 9.17) is 11.8 Å². The summed E-state index contributed by atoms with van der Waals surface area (Å²) in [4.78, 5) is 0. The van der Waals surface area contributed by atoms with Gasteiger partial charge in [0.15, 0.2) is 18.5 Å². The van der Waals surface area contributed by atoms with Crippen LogP contribution >= 0.6 is 6.70 Å². The highest BCUT2D eigenvalue weighted by Gasteiger charge is 1.97. The van der Waals surface area contributed by atoms with Crippen LogP contribution in [0, 0.1) is 0 Å². The van der Waals surface area contributed by atoms with E-state index in [1.54, 1.807) is 0 Å². The van der Waals surface area contributed by atoms with Crippen molar-refractivity contribution in [3.05, 3.63) is 0 Å². The minimum atomic E-state index is -0.0337. The molecule has 0 saturated heterocycles. The zero-order valence-electron chi connectivity index (χ0n) is 8.39. The first-order chi connectivity index (χ1) is 5.27. The molecule has 0 N–H and O–H groups in total. The molecular weight excluding hydrogens is 171 g/mol. The standard InChI is InChI=1S/C7H16PS.C2H6/c1-3-4-5-6-7-8(2)9;1-2/h3-7H2,1-2H3;1-2H3/q+1;. The number of rotatable bonds is 5. The van der Waals surface area contributed by atoms with E-state index in [1.165, 1.54) is 31.8 Å². The summed E-state index contributed by atoms with van der Waals surface area (Å²) >= 11 is 5.09. The smallest absolute Gasteiger partial charge is 0.0683 e. The van der Waals surface area contributed by atoms with Crippen LogP contribution in [0.4, 0.5) is 0 Å². The fourth-order valence-corrected chi connectivity index (χ4v) is 1.82. The molecular formula is C9H22PS+. The van der Waals surface area contributed by atoms with Gasteiger partial charge in [0.05, 0.1) is 0 Å². The van der Waals surface area contributed by atoms with Gasteiger partial charge >= 0.3 is 0 Å². The second-order valence-corrected chi connectivity index (χ2v) is 5.99. The van der Waals surface area contributed by atoms with E-state index in [-0.39, 0.29) is 6.70 Å². The minimum absolute atomic E-state index is 0.0337. The normalized spacial score (nSPS) is 10.0. The third-order valence-corrected chi connectivity index (χ3v) is 2.82. The second-order valence-electron chi connectivity index (χ2n) is 2.41. The molecule has 0 spiro atoms. The lowest BCUT2D eigenvalue weighted by Crippen LogP contribution is -1.78. The largest absolute Gasteiger partial charge is 0.171 e. The molecule has 0 aliphatic carbocycles. The molecule has 0 radical (unpaired) electrons. The van der Waals surface area contributed by atoms with Gasteiger partial charge in [0, 0.05) is 0 Å². The summed E-state index contributed by atoms with van der Waals surface area (Å²) in [7, 11) is 0. The average Bonchev–Trinajstić information content (AvgIpc) is 2.02. The van der Waals surface area contributed by atoms with Crippen LogP contribution in [-0.2, 0) is 11.8 Å². The first-order valence-electron chi connectivity index (χ1n) is 4.65. The van der Waals surface area contributed by atoms with Gasteiger partial charge in [-0.25, -0.2) is 0 Å². The summed E-state index contributed by atoms with van der Waals surface area (Å²) in [5, 5.41) is 0. The molecule has 0 heterocycles. The summed E-state index contributed by atoms with van der Waals surface area (Å²) in [5.74, 6) is 0. The van der Waals surface area contributed by atoms with E-state index in [0.717, 1.165) is 0 Å². The first kappa shape index (κ1) is 14.1. The lowest BCUT2D eigenvalue weighted by molar-refractivity contribution is 0.706. The van der Waals surface area contributed by atoms with E-state index in [9.17, 15) is 0 Å². The predicted molar refractivity (Wildman–Crippen MR) is 60.6 cm³/mol. The molecule has 0 amide bonds. The molecule has 0 saturated carbocycles. The number of unbranched alkanes of at least 4 members (excludes halogenated alkanes) is 3. The van der Waals surface area contributed by atoms with E-state index >= 15 is 0 Å². The van der Waals surface area contributed by atoms with Crippen molar-refractivity contribution < 1.29 is 0 Å². The van der Waals surface area contributed by atoms with Crippen molar-refractivity contribution in [1.29, 1.82) is 0 Å². The third kappa shape index (κ3) is 18.0. The fraction of sp³-hybridized carbons (Fsp3) is 1.00. The molecule has 0 aromatic heterocycles. The Labute approximate surface area is 78.2 Å². The van der Waals surface area contributed by atoms with Crippen molar-refractivity contribution in [1.82, 2.24) is 0 Å². The maximum absolute atomic E-state index is 5.09. The molecule has 0 rings (SSSR count). The molecule has 1 atom stereocenters. The van der Waals surface area contributed by atoms with E-state index in [2.05, 4.69) is 13.6 Å². The molecule has 68 valence electrons. The van der Waals surface area contributed by atoms with Crippen LogP contribution in [0.25, 0.3) is 0 Å². The van der Waals surface area contributed by atoms with Gasteiger partial charge in [0.25, 0.3) is 0 Å². The average molecular weight is 193 g/mol. The van der Waals surface area contributed by atoms with Crippen molar-refractivity contribution in [3.8, 4) is 0 Å². The zero-order chi connectivity index (χ0) is 9.11. The van der Waals surface area contributed by atoms with Crippen LogP contribution < -0.4 is 0 Å². The molecule has 2 heteroatoms. The highest BCUT2D eigenvalue weighted by molar-refractivity contribution is 8.04. The quantitative estimate of drug-likeness (QED) is 0.466. The summed E-state index contributed by atoms with van der Waals surface area (Å²) < 4.78 is 0. The molecule has 0 aromatic rings. The predicted octanol–water partition coefficient (Wildman–Crippen LogP) is 4.17. The van der Waals surface area contributed by atoms with E-state index < -0.39 is 0 Å². The van der Waals surface area contributed by atoms with E-state index in [0.29, 0.717) is 0 Å². The molecule has 0 aliphatic rings. The molecule has 0 aliphatic heterocycles.